The highest BCUT2D eigenvalue weighted by Gasteiger charge is 2.34. The smallest absolute Gasteiger partial charge is 0.459 e. The van der Waals surface area contributed by atoms with Crippen LogP contribution in [0, 0.1) is 5.92 Å². The second-order valence-electron chi connectivity index (χ2n) is 7.60. The van der Waals surface area contributed by atoms with E-state index in [-0.39, 0.29) is 18.6 Å². The molecule has 2 aromatic heterocycles. The van der Waals surface area contributed by atoms with E-state index in [0.29, 0.717) is 29.2 Å². The van der Waals surface area contributed by atoms with E-state index in [2.05, 4.69) is 20.0 Å². The number of benzene rings is 1. The summed E-state index contributed by atoms with van der Waals surface area (Å²) in [6, 6.07) is 7.71. The first-order chi connectivity index (χ1) is 15.9. The number of methoxy groups -OCH3 is 1. The normalized spacial score (nSPS) is 20.4. The molecule has 4 rings (SSSR count). The van der Waals surface area contributed by atoms with Gasteiger partial charge < -0.3 is 19.6 Å². The predicted octanol–water partition coefficient (Wildman–Crippen LogP) is 2.88. The van der Waals surface area contributed by atoms with E-state index in [1.807, 2.05) is 22.8 Å². The number of hydrogen-bond donors (Lipinski definition) is 2. The number of allylic oxidation sites excluding steroid dienone is 1. The van der Waals surface area contributed by atoms with Crippen molar-refractivity contribution in [3.8, 4) is 5.75 Å². The van der Waals surface area contributed by atoms with Crippen LogP contribution in [0.5, 0.6) is 5.75 Å². The number of nitrogens with one attached hydrogen (secondary N) is 1. The minimum atomic E-state index is -3.88. The first-order valence-electron chi connectivity index (χ1n) is 10.3. The van der Waals surface area contributed by atoms with Crippen molar-refractivity contribution in [2.75, 3.05) is 19.5 Å². The van der Waals surface area contributed by atoms with Crippen LogP contribution in [0.25, 0.3) is 11.2 Å². The van der Waals surface area contributed by atoms with Crippen molar-refractivity contribution in [2.45, 2.75) is 25.4 Å². The zero-order valence-electron chi connectivity index (χ0n) is 18.2. The van der Waals surface area contributed by atoms with Gasteiger partial charge in [-0.3, -0.25) is 9.32 Å². The number of para-hydroxylation sites is 1. The van der Waals surface area contributed by atoms with Crippen molar-refractivity contribution in [1.82, 2.24) is 24.6 Å². The first-order valence-corrected chi connectivity index (χ1v) is 11.9. The Morgan fingerprint density at radius 2 is 2.06 bits per heavy atom. The molecule has 174 valence electrons. The lowest BCUT2D eigenvalue weighted by molar-refractivity contribution is -0.142. The molecule has 3 aromatic rings. The molecule has 0 bridgehead atoms. The zero-order chi connectivity index (χ0) is 23.4. The van der Waals surface area contributed by atoms with Crippen LogP contribution in [-0.2, 0) is 18.6 Å². The largest absolute Gasteiger partial charge is 0.468 e. The predicted molar refractivity (Wildman–Crippen MR) is 121 cm³/mol. The standard InChI is InChI=1S/C21H25N6O5P/c1-14(21(28)30-2)26-33(29,32-17-6-4-3-5-7-17)31-11-15-8-9-16(10-15)27-13-25-18-19(22)23-12-24-20(18)27/h3-9,12-16H,10-11H2,1-2H3,(H,26,29)(H2,22,23,24)/t14-,15+,16-,33?/m1/s1. The van der Waals surface area contributed by atoms with Crippen LogP contribution in [0.1, 0.15) is 19.4 Å². The Labute approximate surface area is 190 Å². The van der Waals surface area contributed by atoms with E-state index < -0.39 is 19.8 Å². The molecule has 4 atom stereocenters. The van der Waals surface area contributed by atoms with Gasteiger partial charge in [0.2, 0.25) is 0 Å². The van der Waals surface area contributed by atoms with Crippen LogP contribution >= 0.6 is 7.75 Å². The number of imidazole rings is 1. The Bertz CT molecular complexity index is 1200. The molecule has 1 aliphatic rings. The average molecular weight is 472 g/mol. The summed E-state index contributed by atoms with van der Waals surface area (Å²) in [6.45, 7) is 1.64. The molecule has 0 aliphatic heterocycles. The van der Waals surface area contributed by atoms with Gasteiger partial charge in [-0.1, -0.05) is 30.4 Å². The fraction of sp³-hybridized carbons (Fsp3) is 0.333. The number of nitrogens with zero attached hydrogens (tertiary/aromatic N) is 4. The summed E-state index contributed by atoms with van der Waals surface area (Å²) in [5.41, 5.74) is 7.07. The monoisotopic (exact) mass is 472 g/mol. The summed E-state index contributed by atoms with van der Waals surface area (Å²) >= 11 is 0. The molecule has 11 nitrogen and oxygen atoms in total. The molecule has 12 heteroatoms. The Kier molecular flexibility index (Phi) is 6.73. The SMILES string of the molecule is COC(=O)[C@@H](C)NP(=O)(OC[C@H]1C=C[C@@H](n2cnc3c(N)ncnc32)C1)Oc1ccccc1. The molecule has 33 heavy (non-hydrogen) atoms. The lowest BCUT2D eigenvalue weighted by atomic mass is 10.1. The molecule has 0 amide bonds. The molecule has 0 fully saturated rings. The van der Waals surface area contributed by atoms with Crippen LogP contribution in [0.2, 0.25) is 0 Å². The van der Waals surface area contributed by atoms with Gasteiger partial charge in [-0.25, -0.2) is 19.5 Å². The number of carbonyl (C=O) groups is 1. The van der Waals surface area contributed by atoms with Gasteiger partial charge in [0.25, 0.3) is 0 Å². The Balaban J connectivity index is 1.44. The van der Waals surface area contributed by atoms with Crippen molar-refractivity contribution < 1.29 is 23.1 Å². The molecule has 0 radical (unpaired) electrons. The van der Waals surface area contributed by atoms with E-state index in [0.717, 1.165) is 0 Å². The first kappa shape index (κ1) is 22.9. The van der Waals surface area contributed by atoms with Crippen LogP contribution in [-0.4, -0.2) is 45.2 Å². The molecular weight excluding hydrogens is 447 g/mol. The number of rotatable bonds is 9. The average Bonchev–Trinajstić information content (AvgIpc) is 3.45. The summed E-state index contributed by atoms with van der Waals surface area (Å²) in [6.07, 6.45) is 7.75. The van der Waals surface area contributed by atoms with Gasteiger partial charge in [0, 0.05) is 5.92 Å². The number of nitrogen functional groups attached to an aromatic ring is 1. The number of anilines is 1. The molecule has 0 saturated heterocycles. The maximum absolute atomic E-state index is 13.5. The van der Waals surface area contributed by atoms with Crippen LogP contribution in [0.3, 0.4) is 0 Å². The van der Waals surface area contributed by atoms with E-state index in [9.17, 15) is 9.36 Å². The third-order valence-corrected chi connectivity index (χ3v) is 6.87. The number of carbonyl (C=O) groups excluding carboxylic acids is 1. The van der Waals surface area contributed by atoms with E-state index in [4.69, 9.17) is 19.5 Å². The molecule has 1 aliphatic carbocycles. The minimum Gasteiger partial charge on any atom is -0.468 e. The molecular formula is C21H25N6O5P. The lowest BCUT2D eigenvalue weighted by Crippen LogP contribution is -2.34. The van der Waals surface area contributed by atoms with E-state index >= 15 is 0 Å². The number of aromatic nitrogens is 4. The number of nitrogens with two attached hydrogens (primary N) is 1. The minimum absolute atomic E-state index is 0.0192. The van der Waals surface area contributed by atoms with Crippen LogP contribution in [0.15, 0.2) is 55.1 Å². The number of ether oxygens (including phenoxy) is 1. The second kappa shape index (κ2) is 9.70. The Morgan fingerprint density at radius 1 is 1.27 bits per heavy atom. The number of esters is 1. The van der Waals surface area contributed by atoms with Crippen molar-refractivity contribution >= 4 is 30.7 Å². The van der Waals surface area contributed by atoms with Gasteiger partial charge in [0.05, 0.1) is 26.1 Å². The van der Waals surface area contributed by atoms with Crippen LogP contribution in [0.4, 0.5) is 5.82 Å². The molecule has 0 saturated carbocycles. The highest BCUT2D eigenvalue weighted by Crippen LogP contribution is 2.46. The quantitative estimate of drug-likeness (QED) is 0.271. The van der Waals surface area contributed by atoms with Gasteiger partial charge in [0.1, 0.15) is 23.6 Å². The van der Waals surface area contributed by atoms with Crippen molar-refractivity contribution in [3.05, 3.63) is 55.1 Å². The molecule has 3 N–H and O–H groups in total. The maximum Gasteiger partial charge on any atom is 0.459 e. The fourth-order valence-corrected chi connectivity index (χ4v) is 5.11. The molecule has 1 unspecified atom stereocenters. The Hall–Kier alpha value is -3.27. The molecule has 1 aromatic carbocycles. The summed E-state index contributed by atoms with van der Waals surface area (Å²) in [5.74, 6) is 0.0527. The maximum atomic E-state index is 13.5. The summed E-state index contributed by atoms with van der Waals surface area (Å²) in [4.78, 5) is 24.4. The summed E-state index contributed by atoms with van der Waals surface area (Å²) in [5, 5.41) is 2.65. The third kappa shape index (κ3) is 5.22. The fourth-order valence-electron chi connectivity index (χ4n) is 3.57. The molecule has 0 spiro atoms. The van der Waals surface area contributed by atoms with Gasteiger partial charge in [-0.15, -0.1) is 0 Å². The van der Waals surface area contributed by atoms with Crippen LogP contribution < -0.4 is 15.3 Å². The number of hydrogen-bond acceptors (Lipinski definition) is 9. The summed E-state index contributed by atoms with van der Waals surface area (Å²) < 4.78 is 31.5. The van der Waals surface area contributed by atoms with E-state index in [1.165, 1.54) is 20.4 Å². The third-order valence-electron chi connectivity index (χ3n) is 5.23. The Morgan fingerprint density at radius 3 is 2.82 bits per heavy atom. The zero-order valence-corrected chi connectivity index (χ0v) is 19.1. The van der Waals surface area contributed by atoms with Crippen molar-refractivity contribution in [1.29, 1.82) is 0 Å². The summed E-state index contributed by atoms with van der Waals surface area (Å²) in [7, 11) is -2.63. The van der Waals surface area contributed by atoms with Gasteiger partial charge in [-0.2, -0.15) is 5.09 Å². The topological polar surface area (TPSA) is 143 Å². The van der Waals surface area contributed by atoms with Gasteiger partial charge >= 0.3 is 13.7 Å². The highest BCUT2D eigenvalue weighted by atomic mass is 31.2. The van der Waals surface area contributed by atoms with Crippen molar-refractivity contribution in [3.63, 3.8) is 0 Å². The number of fused-ring (bicyclic) bond motifs is 1. The lowest BCUT2D eigenvalue weighted by Gasteiger charge is -2.23. The van der Waals surface area contributed by atoms with Gasteiger partial charge in [0.15, 0.2) is 11.5 Å². The highest BCUT2D eigenvalue weighted by molar-refractivity contribution is 7.52. The van der Waals surface area contributed by atoms with E-state index in [1.54, 1.807) is 30.6 Å². The molecule has 2 heterocycles. The van der Waals surface area contributed by atoms with Crippen molar-refractivity contribution in [2.24, 2.45) is 5.92 Å². The second-order valence-corrected chi connectivity index (χ2v) is 9.30. The van der Waals surface area contributed by atoms with Gasteiger partial charge in [-0.05, 0) is 25.5 Å².